The Morgan fingerprint density at radius 3 is 2.53 bits per heavy atom. The average molecular weight is 268 g/mol. The molecule has 1 aliphatic rings. The van der Waals surface area contributed by atoms with E-state index in [9.17, 15) is 0 Å². The zero-order valence-corrected chi connectivity index (χ0v) is 14.0. The molecule has 1 saturated heterocycles. The second-order valence-corrected chi connectivity index (χ2v) is 7.64. The molecule has 0 aliphatic carbocycles. The molecule has 1 rings (SSSR count). The number of nitrogens with one attached hydrogen (secondary N) is 1. The van der Waals surface area contributed by atoms with Gasteiger partial charge in [-0.25, -0.2) is 0 Å². The Kier molecular flexibility index (Phi) is 7.38. The lowest BCUT2D eigenvalue weighted by atomic mass is 9.85. The van der Waals surface area contributed by atoms with Gasteiger partial charge in [-0.3, -0.25) is 0 Å². The summed E-state index contributed by atoms with van der Waals surface area (Å²) < 4.78 is 0. The van der Waals surface area contributed by atoms with Crippen LogP contribution in [0.2, 0.25) is 0 Å². The fourth-order valence-corrected chi connectivity index (χ4v) is 2.98. The molecule has 1 unspecified atom stereocenters. The zero-order valence-electron chi connectivity index (χ0n) is 14.0. The Bertz CT molecular complexity index is 235. The molecule has 1 atom stereocenters. The lowest BCUT2D eigenvalue weighted by Crippen LogP contribution is -2.35. The van der Waals surface area contributed by atoms with Crippen molar-refractivity contribution in [3.63, 3.8) is 0 Å². The summed E-state index contributed by atoms with van der Waals surface area (Å²) in [7, 11) is 0. The Labute approximate surface area is 121 Å². The summed E-state index contributed by atoms with van der Waals surface area (Å²) in [6.07, 6.45) is 6.79. The van der Waals surface area contributed by atoms with Crippen molar-refractivity contribution in [3.8, 4) is 0 Å². The fraction of sp³-hybridized carbons (Fsp3) is 1.00. The van der Waals surface area contributed by atoms with Gasteiger partial charge in [0.2, 0.25) is 0 Å². The Morgan fingerprint density at radius 2 is 1.84 bits per heavy atom. The van der Waals surface area contributed by atoms with Gasteiger partial charge in [0.05, 0.1) is 0 Å². The van der Waals surface area contributed by atoms with Gasteiger partial charge in [-0.1, -0.05) is 27.7 Å². The summed E-state index contributed by atoms with van der Waals surface area (Å²) in [6, 6.07) is 0.759. The van der Waals surface area contributed by atoms with Gasteiger partial charge in [0.25, 0.3) is 0 Å². The molecule has 0 saturated carbocycles. The molecular formula is C17H36N2. The SMILES string of the molecule is CC(C)CNCCCC(C)N1CCCC(C)(C)CC1. The van der Waals surface area contributed by atoms with E-state index in [0.717, 1.165) is 18.5 Å². The monoisotopic (exact) mass is 268 g/mol. The first-order valence-electron chi connectivity index (χ1n) is 8.35. The summed E-state index contributed by atoms with van der Waals surface area (Å²) >= 11 is 0. The molecule has 0 spiro atoms. The maximum absolute atomic E-state index is 3.55. The van der Waals surface area contributed by atoms with Crippen molar-refractivity contribution in [1.82, 2.24) is 10.2 Å². The molecular weight excluding hydrogens is 232 g/mol. The van der Waals surface area contributed by atoms with Gasteiger partial charge in [0.1, 0.15) is 0 Å². The molecule has 2 nitrogen and oxygen atoms in total. The molecule has 0 bridgehead atoms. The normalized spacial score (nSPS) is 22.4. The van der Waals surface area contributed by atoms with Gasteiger partial charge in [0, 0.05) is 6.04 Å². The first kappa shape index (κ1) is 17.0. The molecule has 0 radical (unpaired) electrons. The van der Waals surface area contributed by atoms with Gasteiger partial charge in [-0.2, -0.15) is 0 Å². The molecule has 0 aromatic heterocycles. The summed E-state index contributed by atoms with van der Waals surface area (Å²) in [6.45, 7) is 16.8. The quantitative estimate of drug-likeness (QED) is 0.704. The number of hydrogen-bond acceptors (Lipinski definition) is 2. The van der Waals surface area contributed by atoms with E-state index >= 15 is 0 Å². The predicted molar refractivity (Wildman–Crippen MR) is 85.6 cm³/mol. The van der Waals surface area contributed by atoms with Crippen molar-refractivity contribution in [2.24, 2.45) is 11.3 Å². The van der Waals surface area contributed by atoms with Crippen molar-refractivity contribution in [2.75, 3.05) is 26.2 Å². The number of nitrogens with zero attached hydrogens (tertiary/aromatic N) is 1. The summed E-state index contributed by atoms with van der Waals surface area (Å²) in [5, 5.41) is 3.55. The summed E-state index contributed by atoms with van der Waals surface area (Å²) in [4.78, 5) is 2.72. The molecule has 0 aromatic carbocycles. The highest BCUT2D eigenvalue weighted by Crippen LogP contribution is 2.30. The number of likely N-dealkylation sites (tertiary alicyclic amines) is 1. The van der Waals surface area contributed by atoms with E-state index in [0.29, 0.717) is 5.41 Å². The number of hydrogen-bond donors (Lipinski definition) is 1. The van der Waals surface area contributed by atoms with E-state index in [1.54, 1.807) is 0 Å². The van der Waals surface area contributed by atoms with Crippen LogP contribution >= 0.6 is 0 Å². The highest BCUT2D eigenvalue weighted by molar-refractivity contribution is 4.78. The van der Waals surface area contributed by atoms with Crippen LogP contribution in [-0.4, -0.2) is 37.1 Å². The third-order valence-electron chi connectivity index (χ3n) is 4.53. The zero-order chi connectivity index (χ0) is 14.3. The maximum atomic E-state index is 3.55. The second-order valence-electron chi connectivity index (χ2n) is 7.64. The first-order chi connectivity index (χ1) is 8.91. The van der Waals surface area contributed by atoms with Crippen molar-refractivity contribution in [1.29, 1.82) is 0 Å². The van der Waals surface area contributed by atoms with Crippen LogP contribution in [0.15, 0.2) is 0 Å². The average Bonchev–Trinajstić information content (AvgIpc) is 2.49. The van der Waals surface area contributed by atoms with E-state index in [1.165, 1.54) is 51.7 Å². The highest BCUT2D eigenvalue weighted by Gasteiger charge is 2.24. The van der Waals surface area contributed by atoms with E-state index in [2.05, 4.69) is 44.8 Å². The third kappa shape index (κ3) is 7.31. The molecule has 1 fully saturated rings. The highest BCUT2D eigenvalue weighted by atomic mass is 15.1. The van der Waals surface area contributed by atoms with Crippen LogP contribution in [-0.2, 0) is 0 Å². The summed E-state index contributed by atoms with van der Waals surface area (Å²) in [5.74, 6) is 0.769. The van der Waals surface area contributed by atoms with E-state index in [-0.39, 0.29) is 0 Å². The van der Waals surface area contributed by atoms with Crippen LogP contribution in [0.3, 0.4) is 0 Å². The van der Waals surface area contributed by atoms with E-state index in [1.807, 2.05) is 0 Å². The van der Waals surface area contributed by atoms with Crippen LogP contribution in [0, 0.1) is 11.3 Å². The predicted octanol–water partition coefficient (Wildman–Crippen LogP) is 3.91. The Morgan fingerprint density at radius 1 is 1.11 bits per heavy atom. The van der Waals surface area contributed by atoms with Crippen LogP contribution < -0.4 is 5.32 Å². The van der Waals surface area contributed by atoms with Gasteiger partial charge in [0.15, 0.2) is 0 Å². The van der Waals surface area contributed by atoms with E-state index in [4.69, 9.17) is 0 Å². The van der Waals surface area contributed by atoms with Gasteiger partial charge < -0.3 is 10.2 Å². The van der Waals surface area contributed by atoms with E-state index < -0.39 is 0 Å². The van der Waals surface area contributed by atoms with Crippen molar-refractivity contribution in [3.05, 3.63) is 0 Å². The first-order valence-corrected chi connectivity index (χ1v) is 8.35. The fourth-order valence-electron chi connectivity index (χ4n) is 2.98. The largest absolute Gasteiger partial charge is 0.316 e. The maximum Gasteiger partial charge on any atom is 0.00674 e. The molecule has 1 N–H and O–H groups in total. The van der Waals surface area contributed by atoms with Crippen LogP contribution in [0.25, 0.3) is 0 Å². The number of rotatable bonds is 7. The third-order valence-corrected chi connectivity index (χ3v) is 4.53. The van der Waals surface area contributed by atoms with Crippen molar-refractivity contribution >= 4 is 0 Å². The second kappa shape index (κ2) is 8.26. The van der Waals surface area contributed by atoms with Crippen molar-refractivity contribution in [2.45, 2.75) is 72.8 Å². The minimum atomic E-state index is 0.563. The Balaban J connectivity index is 2.16. The molecule has 1 aliphatic heterocycles. The van der Waals surface area contributed by atoms with Gasteiger partial charge in [-0.05, 0) is 76.5 Å². The molecule has 19 heavy (non-hydrogen) atoms. The standard InChI is InChI=1S/C17H36N2/c1-15(2)14-18-11-6-8-16(3)19-12-7-9-17(4,5)10-13-19/h15-16,18H,6-14H2,1-5H3. The van der Waals surface area contributed by atoms with Crippen LogP contribution in [0.1, 0.15) is 66.7 Å². The lowest BCUT2D eigenvalue weighted by molar-refractivity contribution is 0.195. The Hall–Kier alpha value is -0.0800. The minimum absolute atomic E-state index is 0.563. The summed E-state index contributed by atoms with van der Waals surface area (Å²) in [5.41, 5.74) is 0.563. The van der Waals surface area contributed by atoms with Gasteiger partial charge in [-0.15, -0.1) is 0 Å². The van der Waals surface area contributed by atoms with Gasteiger partial charge >= 0.3 is 0 Å². The van der Waals surface area contributed by atoms with Crippen LogP contribution in [0.4, 0.5) is 0 Å². The topological polar surface area (TPSA) is 15.3 Å². The van der Waals surface area contributed by atoms with Crippen LogP contribution in [0.5, 0.6) is 0 Å². The molecule has 0 amide bonds. The van der Waals surface area contributed by atoms with Crippen molar-refractivity contribution < 1.29 is 0 Å². The molecule has 2 heteroatoms. The lowest BCUT2D eigenvalue weighted by Gasteiger charge is -2.28. The minimum Gasteiger partial charge on any atom is -0.316 e. The smallest absolute Gasteiger partial charge is 0.00674 e. The molecule has 0 aromatic rings. The molecule has 1 heterocycles. The molecule has 114 valence electrons.